The molecular formula is C51H63Cl7N8O4. The summed E-state index contributed by atoms with van der Waals surface area (Å²) in [5.74, 6) is 0.649. The molecule has 0 radical (unpaired) electrons. The highest BCUT2D eigenvalue weighted by atomic mass is 35.5. The molecule has 2 aliphatic rings. The summed E-state index contributed by atoms with van der Waals surface area (Å²) in [6.45, 7) is 14.6. The summed E-state index contributed by atoms with van der Waals surface area (Å²) < 4.78 is 4.12. The predicted octanol–water partition coefficient (Wildman–Crippen LogP) is 13.4. The SMILES string of the molecule is C.C.CCC.CCc1cn(CCN2CCN(c3ccc(Cl)cc3Cl)[C@H](c3ccc(Cl)cc3)C2)cn1.ClCCn1ccnc1.Clc1ccc([C@@H]2CNCCN2c2ccc(Cl)cc2Cl)cc1.O=C=O.O=C=O. The lowest BCUT2D eigenvalue weighted by molar-refractivity contribution is -0.193. The summed E-state index contributed by atoms with van der Waals surface area (Å²) in [6.07, 6.45) is 12.2. The van der Waals surface area contributed by atoms with Gasteiger partial charge in [-0.15, -0.1) is 11.6 Å². The summed E-state index contributed by atoms with van der Waals surface area (Å²) in [7, 11) is 0. The monoisotopic (exact) mass is 1100 g/mol. The van der Waals surface area contributed by atoms with Gasteiger partial charge in [-0.05, 0) is 78.2 Å². The molecule has 1 N–H and O–H groups in total. The average Bonchev–Trinajstić information content (AvgIpc) is 4.03. The molecule has 0 aliphatic carbocycles. The standard InChI is InChI=1S/C23H25Cl3N4.C16H15Cl3N2.C5H7ClN2.C3H8.2CO2.2CH4/c1-2-20-14-29(16-27-20)10-9-28-11-12-30(22-8-7-19(25)13-21(22)26)23(15-28)17-3-5-18(24)6-4-17;17-12-3-1-11(2-4-12)16-10-20-7-8-21(16)15-6-5-13(18)9-14(15)19;6-1-3-8-4-2-7-5-8;1-3-2;2*2-1-3;;/h3-8,13-14,16,23H,2,9-12,15H2,1H3;1-6,9,16,20H,7-8,10H2;2,4-5H,1,3H2;3H2,1-2H3;;;2*1H4/t23-;16-;;;;;;/m00....../s1. The van der Waals surface area contributed by atoms with Gasteiger partial charge in [0, 0.05) is 103 Å². The van der Waals surface area contributed by atoms with E-state index in [1.165, 1.54) is 17.5 Å². The molecule has 2 aliphatic heterocycles. The Morgan fingerprint density at radius 2 is 1.13 bits per heavy atom. The van der Waals surface area contributed by atoms with Gasteiger partial charge < -0.3 is 24.3 Å². The van der Waals surface area contributed by atoms with Crippen molar-refractivity contribution >= 4 is 105 Å². The second-order valence-electron chi connectivity index (χ2n) is 15.0. The Bertz CT molecular complexity index is 2400. The number of imidazole rings is 2. The molecule has 2 saturated heterocycles. The van der Waals surface area contributed by atoms with Crippen molar-refractivity contribution in [1.82, 2.24) is 29.3 Å². The molecule has 12 nitrogen and oxygen atoms in total. The minimum Gasteiger partial charge on any atom is -0.361 e. The summed E-state index contributed by atoms with van der Waals surface area (Å²) in [6, 6.07) is 27.9. The molecule has 6 aromatic rings. The highest BCUT2D eigenvalue weighted by molar-refractivity contribution is 6.37. The van der Waals surface area contributed by atoms with E-state index in [0.29, 0.717) is 26.0 Å². The highest BCUT2D eigenvalue weighted by Gasteiger charge is 2.30. The molecule has 8 rings (SSSR count). The van der Waals surface area contributed by atoms with Gasteiger partial charge in [-0.3, -0.25) is 4.90 Å². The van der Waals surface area contributed by atoms with Crippen molar-refractivity contribution in [2.24, 2.45) is 0 Å². The summed E-state index contributed by atoms with van der Waals surface area (Å²) in [5.41, 5.74) is 5.62. The molecule has 0 amide bonds. The van der Waals surface area contributed by atoms with Gasteiger partial charge >= 0.3 is 12.3 Å². The third-order valence-corrected chi connectivity index (χ3v) is 12.0. The zero-order valence-corrected chi connectivity index (χ0v) is 43.3. The third-order valence-electron chi connectivity index (χ3n) is 10.3. The van der Waals surface area contributed by atoms with Crippen LogP contribution < -0.4 is 15.1 Å². The normalized spacial score (nSPS) is 14.7. The molecule has 70 heavy (non-hydrogen) atoms. The molecule has 380 valence electrons. The van der Waals surface area contributed by atoms with E-state index in [0.717, 1.165) is 92.4 Å². The van der Waals surface area contributed by atoms with Crippen molar-refractivity contribution in [3.8, 4) is 0 Å². The van der Waals surface area contributed by atoms with E-state index in [-0.39, 0.29) is 39.2 Å². The Morgan fingerprint density at radius 3 is 1.59 bits per heavy atom. The molecular weight excluding hydrogens is 1040 g/mol. The number of benzene rings is 4. The lowest BCUT2D eigenvalue weighted by atomic mass is 10.0. The Hall–Kier alpha value is -4.39. The first-order valence-electron chi connectivity index (χ1n) is 21.7. The Labute approximate surface area is 448 Å². The smallest absolute Gasteiger partial charge is 0.361 e. The number of nitrogens with one attached hydrogen (secondary N) is 1. The van der Waals surface area contributed by atoms with Crippen LogP contribution in [0.4, 0.5) is 11.4 Å². The average molecular weight is 1100 g/mol. The van der Waals surface area contributed by atoms with Crippen LogP contribution in [-0.2, 0) is 38.7 Å². The van der Waals surface area contributed by atoms with Crippen molar-refractivity contribution in [2.45, 2.75) is 73.6 Å². The van der Waals surface area contributed by atoms with Crippen molar-refractivity contribution in [1.29, 1.82) is 0 Å². The van der Waals surface area contributed by atoms with E-state index in [2.05, 4.69) is 85.8 Å². The zero-order valence-electron chi connectivity index (χ0n) is 38.0. The fourth-order valence-electron chi connectivity index (χ4n) is 7.19. The van der Waals surface area contributed by atoms with Crippen LogP contribution in [0.1, 0.15) is 70.9 Å². The zero-order chi connectivity index (χ0) is 49.8. The summed E-state index contributed by atoms with van der Waals surface area (Å²) >= 11 is 42.6. The maximum absolute atomic E-state index is 8.12. The van der Waals surface area contributed by atoms with Crippen LogP contribution in [0.3, 0.4) is 0 Å². The highest BCUT2D eigenvalue weighted by Crippen LogP contribution is 2.38. The number of hydrogen-bond acceptors (Lipinski definition) is 10. The largest absolute Gasteiger partial charge is 0.373 e. The van der Waals surface area contributed by atoms with Gasteiger partial charge in [0.2, 0.25) is 0 Å². The number of halogens is 7. The molecule has 2 atom stereocenters. The van der Waals surface area contributed by atoms with Gasteiger partial charge in [-0.25, -0.2) is 9.97 Å². The second kappa shape index (κ2) is 35.7. The maximum Gasteiger partial charge on any atom is 0.373 e. The van der Waals surface area contributed by atoms with E-state index in [1.807, 2.05) is 71.7 Å². The number of carbonyl (C=O) groups excluding carboxylic acids is 4. The van der Waals surface area contributed by atoms with Crippen LogP contribution in [0.2, 0.25) is 30.1 Å². The van der Waals surface area contributed by atoms with Gasteiger partial charge in [0.1, 0.15) is 0 Å². The number of alkyl halides is 1. The van der Waals surface area contributed by atoms with Gasteiger partial charge in [-0.2, -0.15) is 19.2 Å². The van der Waals surface area contributed by atoms with E-state index in [9.17, 15) is 0 Å². The van der Waals surface area contributed by atoms with Gasteiger partial charge in [0.25, 0.3) is 0 Å². The fourth-order valence-corrected chi connectivity index (χ4v) is 8.67. The number of anilines is 2. The van der Waals surface area contributed by atoms with Crippen molar-refractivity contribution < 1.29 is 19.2 Å². The number of piperazine rings is 2. The topological polar surface area (TPSA) is 126 Å². The molecule has 19 heteroatoms. The van der Waals surface area contributed by atoms with Gasteiger partial charge in [0.05, 0.1) is 51.9 Å². The quantitative estimate of drug-likeness (QED) is 0.133. The van der Waals surface area contributed by atoms with Crippen molar-refractivity contribution in [3.05, 3.63) is 163 Å². The second-order valence-corrected chi connectivity index (χ2v) is 18.0. The lowest BCUT2D eigenvalue weighted by Gasteiger charge is -2.43. The lowest BCUT2D eigenvalue weighted by Crippen LogP contribution is -2.49. The van der Waals surface area contributed by atoms with Crippen molar-refractivity contribution in [3.63, 3.8) is 0 Å². The molecule has 0 saturated carbocycles. The van der Waals surface area contributed by atoms with Crippen LogP contribution in [-0.4, -0.2) is 88.0 Å². The van der Waals surface area contributed by atoms with Crippen LogP contribution in [0.25, 0.3) is 0 Å². The number of rotatable bonds is 10. The van der Waals surface area contributed by atoms with E-state index in [1.54, 1.807) is 18.6 Å². The molecule has 4 heterocycles. The molecule has 0 bridgehead atoms. The predicted molar refractivity (Wildman–Crippen MR) is 289 cm³/mol. The Morgan fingerprint density at radius 1 is 0.629 bits per heavy atom. The number of nitrogens with zero attached hydrogens (tertiary/aromatic N) is 7. The van der Waals surface area contributed by atoms with Crippen LogP contribution >= 0.6 is 81.2 Å². The molecule has 2 aromatic heterocycles. The van der Waals surface area contributed by atoms with Crippen molar-refractivity contribution in [2.75, 3.05) is 61.5 Å². The fraction of sp³-hybridized carbons (Fsp3) is 0.373. The molecule has 2 fully saturated rings. The molecule has 0 unspecified atom stereocenters. The number of hydrogen-bond donors (Lipinski definition) is 1. The first-order valence-corrected chi connectivity index (χ1v) is 24.5. The Kier molecular flexibility index (Phi) is 32.4. The number of aryl methyl sites for hydroxylation is 2. The van der Waals surface area contributed by atoms with Gasteiger partial charge in [0.15, 0.2) is 0 Å². The first-order chi connectivity index (χ1) is 32.9. The molecule has 4 aromatic carbocycles. The third kappa shape index (κ3) is 21.5. The summed E-state index contributed by atoms with van der Waals surface area (Å²) in [4.78, 5) is 48.0. The van der Waals surface area contributed by atoms with Crippen LogP contribution in [0.5, 0.6) is 0 Å². The Balaban J connectivity index is 0.000000530. The summed E-state index contributed by atoms with van der Waals surface area (Å²) in [5, 5.41) is 7.60. The van der Waals surface area contributed by atoms with Gasteiger partial charge in [-0.1, -0.05) is 136 Å². The van der Waals surface area contributed by atoms with E-state index < -0.39 is 0 Å². The molecule has 0 spiro atoms. The van der Waals surface area contributed by atoms with Crippen LogP contribution in [0.15, 0.2) is 116 Å². The minimum atomic E-state index is 0. The number of aromatic nitrogens is 4. The maximum atomic E-state index is 8.12. The van der Waals surface area contributed by atoms with E-state index in [4.69, 9.17) is 100 Å². The first kappa shape index (κ1) is 63.6. The van der Waals surface area contributed by atoms with E-state index >= 15 is 0 Å². The minimum absolute atomic E-state index is 0. The van der Waals surface area contributed by atoms with Crippen LogP contribution in [0, 0.1) is 0 Å².